The number of benzene rings is 3. The van der Waals surface area contributed by atoms with E-state index in [1.165, 1.54) is 24.3 Å². The van der Waals surface area contributed by atoms with Crippen molar-refractivity contribution in [3.05, 3.63) is 95.1 Å². The van der Waals surface area contributed by atoms with Gasteiger partial charge in [-0.15, -0.1) is 0 Å². The van der Waals surface area contributed by atoms with Crippen LogP contribution in [0.3, 0.4) is 0 Å². The fraction of sp³-hybridized carbons (Fsp3) is 0.130. The Bertz CT molecular complexity index is 961. The van der Waals surface area contributed by atoms with E-state index < -0.39 is 5.97 Å². The van der Waals surface area contributed by atoms with Gasteiger partial charge in [0.25, 0.3) is 0 Å². The molecule has 3 N–H and O–H groups in total. The average Bonchev–Trinajstić information content (AvgIpc) is 2.69. The minimum Gasteiger partial charge on any atom is -0.508 e. The molecule has 5 heteroatoms. The van der Waals surface area contributed by atoms with Gasteiger partial charge in [0.05, 0.1) is 11.6 Å². The quantitative estimate of drug-likeness (QED) is 0.515. The van der Waals surface area contributed by atoms with E-state index in [0.717, 1.165) is 16.8 Å². The number of ketones is 1. The number of hydrogen-bond donors (Lipinski definition) is 3. The van der Waals surface area contributed by atoms with Crippen LogP contribution in [0.5, 0.6) is 5.75 Å². The van der Waals surface area contributed by atoms with Gasteiger partial charge in [0.1, 0.15) is 5.75 Å². The number of phenols is 1. The van der Waals surface area contributed by atoms with Crippen LogP contribution in [0.1, 0.15) is 44.3 Å². The van der Waals surface area contributed by atoms with Crippen LogP contribution < -0.4 is 5.32 Å². The first-order valence-corrected chi connectivity index (χ1v) is 8.91. The van der Waals surface area contributed by atoms with Gasteiger partial charge in [-0.25, -0.2) is 4.79 Å². The molecule has 0 amide bonds. The molecule has 1 atom stereocenters. The van der Waals surface area contributed by atoms with Crippen molar-refractivity contribution in [1.29, 1.82) is 0 Å². The summed E-state index contributed by atoms with van der Waals surface area (Å²) >= 11 is 0. The molecule has 0 aliphatic rings. The van der Waals surface area contributed by atoms with Crippen LogP contribution in [0, 0.1) is 6.92 Å². The molecule has 5 nitrogen and oxygen atoms in total. The second kappa shape index (κ2) is 8.39. The molecule has 142 valence electrons. The smallest absolute Gasteiger partial charge is 0.335 e. The maximum atomic E-state index is 12.7. The lowest BCUT2D eigenvalue weighted by Crippen LogP contribution is -2.16. The van der Waals surface area contributed by atoms with Gasteiger partial charge < -0.3 is 15.5 Å². The normalized spacial score (nSPS) is 11.6. The van der Waals surface area contributed by atoms with Gasteiger partial charge in [-0.2, -0.15) is 0 Å². The monoisotopic (exact) mass is 375 g/mol. The molecular weight excluding hydrogens is 354 g/mol. The maximum absolute atomic E-state index is 12.7. The lowest BCUT2D eigenvalue weighted by molar-refractivity contribution is 0.0696. The number of carbonyl (C=O) groups excluding carboxylic acids is 1. The highest BCUT2D eigenvalue weighted by Gasteiger charge is 2.18. The van der Waals surface area contributed by atoms with Crippen molar-refractivity contribution in [2.45, 2.75) is 19.4 Å². The Morgan fingerprint density at radius 1 is 0.857 bits per heavy atom. The molecule has 0 bridgehead atoms. The molecule has 1 unspecified atom stereocenters. The predicted octanol–water partition coefficient (Wildman–Crippen LogP) is 4.83. The fourth-order valence-corrected chi connectivity index (χ4v) is 2.91. The van der Waals surface area contributed by atoms with Gasteiger partial charge in [-0.3, -0.25) is 4.79 Å². The van der Waals surface area contributed by atoms with Crippen molar-refractivity contribution < 1.29 is 19.8 Å². The highest BCUT2D eigenvalue weighted by molar-refractivity contribution is 5.96. The van der Waals surface area contributed by atoms with Crippen LogP contribution >= 0.6 is 0 Å². The largest absolute Gasteiger partial charge is 0.508 e. The van der Waals surface area contributed by atoms with E-state index in [2.05, 4.69) is 5.32 Å². The van der Waals surface area contributed by atoms with Crippen LogP contribution in [0.2, 0.25) is 0 Å². The van der Waals surface area contributed by atoms with Crippen molar-refractivity contribution >= 4 is 17.4 Å². The number of rotatable bonds is 7. The van der Waals surface area contributed by atoms with E-state index in [0.29, 0.717) is 5.56 Å². The number of carboxylic acid groups (broad SMARTS) is 1. The highest BCUT2D eigenvalue weighted by Crippen LogP contribution is 2.26. The Hall–Kier alpha value is -3.60. The van der Waals surface area contributed by atoms with Crippen molar-refractivity contribution in [3.63, 3.8) is 0 Å². The first kappa shape index (κ1) is 19.2. The van der Waals surface area contributed by atoms with Crippen LogP contribution in [-0.2, 0) is 0 Å². The Morgan fingerprint density at radius 2 is 1.43 bits per heavy atom. The number of Topliss-reactive ketones (excluding diaryl/α,β-unsaturated/α-hetero) is 1. The predicted molar refractivity (Wildman–Crippen MR) is 108 cm³/mol. The summed E-state index contributed by atoms with van der Waals surface area (Å²) in [6.45, 7) is 2.00. The molecule has 0 fully saturated rings. The van der Waals surface area contributed by atoms with Crippen LogP contribution in [0.4, 0.5) is 5.69 Å². The van der Waals surface area contributed by atoms with Crippen LogP contribution in [0.25, 0.3) is 0 Å². The number of carboxylic acids is 1. The molecule has 0 spiro atoms. The molecule has 0 aromatic heterocycles. The molecule has 0 radical (unpaired) electrons. The summed E-state index contributed by atoms with van der Waals surface area (Å²) in [5.74, 6) is -0.923. The summed E-state index contributed by atoms with van der Waals surface area (Å²) < 4.78 is 0. The third-order valence-electron chi connectivity index (χ3n) is 4.53. The summed E-state index contributed by atoms with van der Waals surface area (Å²) in [7, 11) is 0. The Labute approximate surface area is 163 Å². The zero-order chi connectivity index (χ0) is 20.1. The van der Waals surface area contributed by atoms with Crippen molar-refractivity contribution in [1.82, 2.24) is 0 Å². The maximum Gasteiger partial charge on any atom is 0.335 e. The summed E-state index contributed by atoms with van der Waals surface area (Å²) in [6, 6.07) is 20.3. The van der Waals surface area contributed by atoms with Gasteiger partial charge >= 0.3 is 5.97 Å². The van der Waals surface area contributed by atoms with E-state index in [1.807, 2.05) is 31.2 Å². The number of phenolic OH excluding ortho intramolecular Hbond substituents is 1. The van der Waals surface area contributed by atoms with E-state index >= 15 is 0 Å². The van der Waals surface area contributed by atoms with E-state index in [-0.39, 0.29) is 29.6 Å². The first-order chi connectivity index (χ1) is 13.4. The number of aromatic hydroxyl groups is 1. The van der Waals surface area contributed by atoms with Crippen LogP contribution in [-0.4, -0.2) is 22.0 Å². The van der Waals surface area contributed by atoms with E-state index in [4.69, 9.17) is 5.11 Å². The molecule has 0 aliphatic carbocycles. The number of aromatic carboxylic acids is 1. The molecule has 3 aromatic rings. The molecule has 0 saturated heterocycles. The van der Waals surface area contributed by atoms with Gasteiger partial charge in [0, 0.05) is 17.7 Å². The minimum atomic E-state index is -0.982. The first-order valence-electron chi connectivity index (χ1n) is 8.91. The number of anilines is 1. The third kappa shape index (κ3) is 4.76. The van der Waals surface area contributed by atoms with E-state index in [9.17, 15) is 14.7 Å². The Morgan fingerprint density at radius 3 is 2.00 bits per heavy atom. The van der Waals surface area contributed by atoms with Gasteiger partial charge in [0.2, 0.25) is 0 Å². The van der Waals surface area contributed by atoms with Gasteiger partial charge in [0.15, 0.2) is 5.78 Å². The second-order valence-electron chi connectivity index (χ2n) is 6.66. The molecule has 0 saturated carbocycles. The third-order valence-corrected chi connectivity index (χ3v) is 4.53. The highest BCUT2D eigenvalue weighted by atomic mass is 16.4. The lowest BCUT2D eigenvalue weighted by Gasteiger charge is -2.20. The average molecular weight is 375 g/mol. The molecule has 28 heavy (non-hydrogen) atoms. The summed E-state index contributed by atoms with van der Waals surface area (Å²) in [5.41, 5.74) is 3.54. The number of aryl methyl sites for hydroxylation is 1. The topological polar surface area (TPSA) is 86.6 Å². The standard InChI is InChI=1S/C23H21NO4/c1-15-2-4-16(5-3-15)21(14-22(26)17-8-12-20(25)13-9-17)24-19-10-6-18(7-11-19)23(27)28/h2-13,21,24-25H,14H2,1H3,(H,27,28). The Balaban J connectivity index is 1.84. The SMILES string of the molecule is Cc1ccc(C(CC(=O)c2ccc(O)cc2)Nc2ccc(C(=O)O)cc2)cc1. The summed E-state index contributed by atoms with van der Waals surface area (Å²) in [6.07, 6.45) is 0.217. The van der Waals surface area contributed by atoms with Crippen molar-refractivity contribution in [2.24, 2.45) is 0 Å². The Kier molecular flexibility index (Phi) is 5.75. The van der Waals surface area contributed by atoms with Crippen molar-refractivity contribution in [3.8, 4) is 5.75 Å². The molecule has 3 aromatic carbocycles. The number of carbonyl (C=O) groups is 2. The zero-order valence-electron chi connectivity index (χ0n) is 15.4. The fourth-order valence-electron chi connectivity index (χ4n) is 2.91. The lowest BCUT2D eigenvalue weighted by atomic mass is 9.96. The summed E-state index contributed by atoms with van der Waals surface area (Å²) in [4.78, 5) is 23.8. The van der Waals surface area contributed by atoms with Crippen LogP contribution in [0.15, 0.2) is 72.8 Å². The van der Waals surface area contributed by atoms with Gasteiger partial charge in [-0.1, -0.05) is 29.8 Å². The molecule has 3 rings (SSSR count). The molecule has 0 heterocycles. The molecular formula is C23H21NO4. The van der Waals surface area contributed by atoms with Gasteiger partial charge in [-0.05, 0) is 61.0 Å². The van der Waals surface area contributed by atoms with E-state index in [1.54, 1.807) is 24.3 Å². The number of hydrogen-bond acceptors (Lipinski definition) is 4. The minimum absolute atomic E-state index is 0.0553. The van der Waals surface area contributed by atoms with Crippen molar-refractivity contribution in [2.75, 3.05) is 5.32 Å². The summed E-state index contributed by atoms with van der Waals surface area (Å²) in [5, 5.41) is 21.8. The molecule has 0 aliphatic heterocycles. The number of nitrogens with one attached hydrogen (secondary N) is 1. The zero-order valence-corrected chi connectivity index (χ0v) is 15.4. The second-order valence-corrected chi connectivity index (χ2v) is 6.66.